The molecule has 0 aliphatic heterocycles. The van der Waals surface area contributed by atoms with Crippen molar-refractivity contribution in [2.24, 2.45) is 0 Å². The molecule has 1 aromatic carbocycles. The van der Waals surface area contributed by atoms with Crippen molar-refractivity contribution in [3.8, 4) is 0 Å². The Kier molecular flexibility index (Phi) is 5.94. The standard InChI is InChI=1S/C18H20N2O5/c1-11-7-12(2)17(13(3)8-11)20-15(21)10-25-16(22)9-19-18(23)14-5-4-6-24-14/h4-8H,9-10H2,1-3H3,(H,19,23)(H,20,21). The number of benzene rings is 1. The summed E-state index contributed by atoms with van der Waals surface area (Å²) in [6, 6.07) is 6.95. The normalized spacial score (nSPS) is 10.2. The fraction of sp³-hybridized carbons (Fsp3) is 0.278. The van der Waals surface area contributed by atoms with Crippen molar-refractivity contribution in [1.29, 1.82) is 0 Å². The van der Waals surface area contributed by atoms with Crippen molar-refractivity contribution in [3.63, 3.8) is 0 Å². The van der Waals surface area contributed by atoms with Gasteiger partial charge in [-0.25, -0.2) is 0 Å². The molecule has 0 fully saturated rings. The molecule has 2 aromatic rings. The third-order valence-corrected chi connectivity index (χ3v) is 3.44. The molecule has 0 atom stereocenters. The lowest BCUT2D eigenvalue weighted by Gasteiger charge is -2.13. The zero-order valence-electron chi connectivity index (χ0n) is 14.3. The van der Waals surface area contributed by atoms with E-state index in [1.165, 1.54) is 12.3 Å². The van der Waals surface area contributed by atoms with Crippen LogP contribution in [0.25, 0.3) is 0 Å². The van der Waals surface area contributed by atoms with Gasteiger partial charge in [0, 0.05) is 5.69 Å². The molecule has 0 spiro atoms. The number of nitrogens with one attached hydrogen (secondary N) is 2. The lowest BCUT2D eigenvalue weighted by atomic mass is 10.1. The lowest BCUT2D eigenvalue weighted by molar-refractivity contribution is -0.146. The highest BCUT2D eigenvalue weighted by atomic mass is 16.5. The van der Waals surface area contributed by atoms with E-state index in [0.717, 1.165) is 16.7 Å². The van der Waals surface area contributed by atoms with Gasteiger partial charge < -0.3 is 19.8 Å². The van der Waals surface area contributed by atoms with Crippen molar-refractivity contribution in [1.82, 2.24) is 5.32 Å². The minimum Gasteiger partial charge on any atom is -0.459 e. The molecular weight excluding hydrogens is 324 g/mol. The number of rotatable bonds is 6. The predicted octanol–water partition coefficient (Wildman–Crippen LogP) is 2.12. The Labute approximate surface area is 145 Å². The molecule has 7 heteroatoms. The predicted molar refractivity (Wildman–Crippen MR) is 91.3 cm³/mol. The van der Waals surface area contributed by atoms with Gasteiger partial charge >= 0.3 is 5.97 Å². The van der Waals surface area contributed by atoms with Gasteiger partial charge in [-0.15, -0.1) is 0 Å². The highest BCUT2D eigenvalue weighted by Crippen LogP contribution is 2.21. The van der Waals surface area contributed by atoms with Crippen LogP contribution in [0.2, 0.25) is 0 Å². The van der Waals surface area contributed by atoms with Crippen molar-refractivity contribution >= 4 is 23.5 Å². The number of esters is 1. The van der Waals surface area contributed by atoms with Gasteiger partial charge in [-0.2, -0.15) is 0 Å². The number of aryl methyl sites for hydroxylation is 3. The molecule has 7 nitrogen and oxygen atoms in total. The van der Waals surface area contributed by atoms with Crippen LogP contribution in [0.4, 0.5) is 5.69 Å². The van der Waals surface area contributed by atoms with E-state index in [1.807, 2.05) is 32.9 Å². The molecule has 0 saturated carbocycles. The highest BCUT2D eigenvalue weighted by Gasteiger charge is 2.13. The fourth-order valence-corrected chi connectivity index (χ4v) is 2.40. The van der Waals surface area contributed by atoms with E-state index in [9.17, 15) is 14.4 Å². The molecule has 1 heterocycles. The van der Waals surface area contributed by atoms with E-state index in [0.29, 0.717) is 5.69 Å². The summed E-state index contributed by atoms with van der Waals surface area (Å²) >= 11 is 0. The molecule has 0 saturated heterocycles. The number of amides is 2. The summed E-state index contributed by atoms with van der Waals surface area (Å²) in [4.78, 5) is 35.1. The van der Waals surface area contributed by atoms with Crippen molar-refractivity contribution in [2.75, 3.05) is 18.5 Å². The maximum Gasteiger partial charge on any atom is 0.325 e. The number of furan rings is 1. The summed E-state index contributed by atoms with van der Waals surface area (Å²) in [5.74, 6) is -1.60. The van der Waals surface area contributed by atoms with E-state index in [-0.39, 0.29) is 12.3 Å². The first-order chi connectivity index (χ1) is 11.9. The van der Waals surface area contributed by atoms with Crippen molar-refractivity contribution in [3.05, 3.63) is 53.0 Å². The van der Waals surface area contributed by atoms with Gasteiger partial charge in [-0.1, -0.05) is 17.7 Å². The van der Waals surface area contributed by atoms with E-state index < -0.39 is 24.4 Å². The van der Waals surface area contributed by atoms with Crippen LogP contribution in [0.3, 0.4) is 0 Å². The topological polar surface area (TPSA) is 97.6 Å². The van der Waals surface area contributed by atoms with E-state index in [4.69, 9.17) is 9.15 Å². The molecule has 2 rings (SSSR count). The van der Waals surface area contributed by atoms with Crippen molar-refractivity contribution < 1.29 is 23.5 Å². The molecule has 0 aliphatic rings. The monoisotopic (exact) mass is 344 g/mol. The van der Waals surface area contributed by atoms with E-state index in [1.54, 1.807) is 6.07 Å². The Morgan fingerprint density at radius 2 is 1.80 bits per heavy atom. The molecule has 2 N–H and O–H groups in total. The molecule has 0 aliphatic carbocycles. The fourth-order valence-electron chi connectivity index (χ4n) is 2.40. The summed E-state index contributed by atoms with van der Waals surface area (Å²) in [6.45, 7) is 4.99. The third kappa shape index (κ3) is 5.20. The minimum absolute atomic E-state index is 0.0934. The van der Waals surface area contributed by atoms with Crippen LogP contribution in [-0.4, -0.2) is 30.9 Å². The zero-order chi connectivity index (χ0) is 18.4. The van der Waals surface area contributed by atoms with Crippen LogP contribution in [0.15, 0.2) is 34.9 Å². The van der Waals surface area contributed by atoms with Crippen molar-refractivity contribution in [2.45, 2.75) is 20.8 Å². The molecular formula is C18H20N2O5. The quantitative estimate of drug-likeness (QED) is 0.782. The summed E-state index contributed by atoms with van der Waals surface area (Å²) in [5.41, 5.74) is 3.68. The second-order valence-corrected chi connectivity index (χ2v) is 5.64. The lowest BCUT2D eigenvalue weighted by Crippen LogP contribution is -2.32. The van der Waals surface area contributed by atoms with Crippen LogP contribution in [-0.2, 0) is 14.3 Å². The van der Waals surface area contributed by atoms with Gasteiger partial charge in [-0.05, 0) is 44.0 Å². The van der Waals surface area contributed by atoms with Gasteiger partial charge in [-0.3, -0.25) is 14.4 Å². The van der Waals surface area contributed by atoms with Gasteiger partial charge in [0.25, 0.3) is 11.8 Å². The second kappa shape index (κ2) is 8.14. The van der Waals surface area contributed by atoms with Crippen LogP contribution in [0.5, 0.6) is 0 Å². The summed E-state index contributed by atoms with van der Waals surface area (Å²) in [7, 11) is 0. The molecule has 2 amide bonds. The first-order valence-corrected chi connectivity index (χ1v) is 7.72. The number of carbonyl (C=O) groups is 3. The Hall–Kier alpha value is -3.09. The molecule has 1 aromatic heterocycles. The minimum atomic E-state index is -0.715. The largest absolute Gasteiger partial charge is 0.459 e. The maximum absolute atomic E-state index is 11.9. The highest BCUT2D eigenvalue weighted by molar-refractivity contribution is 5.95. The first kappa shape index (κ1) is 18.3. The molecule has 132 valence electrons. The molecule has 0 radical (unpaired) electrons. The molecule has 25 heavy (non-hydrogen) atoms. The van der Waals surface area contributed by atoms with Gasteiger partial charge in [0.15, 0.2) is 12.4 Å². The SMILES string of the molecule is Cc1cc(C)c(NC(=O)COC(=O)CNC(=O)c2ccco2)c(C)c1. The van der Waals surface area contributed by atoms with Crippen LogP contribution < -0.4 is 10.6 Å². The third-order valence-electron chi connectivity index (χ3n) is 3.44. The summed E-state index contributed by atoms with van der Waals surface area (Å²) < 4.78 is 9.75. The first-order valence-electron chi connectivity index (χ1n) is 7.72. The Morgan fingerprint density at radius 3 is 2.40 bits per heavy atom. The number of hydrogen-bond donors (Lipinski definition) is 2. The smallest absolute Gasteiger partial charge is 0.325 e. The Balaban J connectivity index is 1.78. The molecule has 0 bridgehead atoms. The maximum atomic E-state index is 11.9. The van der Waals surface area contributed by atoms with E-state index >= 15 is 0 Å². The average Bonchev–Trinajstić information content (AvgIpc) is 3.08. The average molecular weight is 344 g/mol. The van der Waals surface area contributed by atoms with Crippen LogP contribution >= 0.6 is 0 Å². The van der Waals surface area contributed by atoms with E-state index in [2.05, 4.69) is 10.6 Å². The van der Waals surface area contributed by atoms with Crippen LogP contribution in [0.1, 0.15) is 27.2 Å². The number of anilines is 1. The summed E-state index contributed by atoms with van der Waals surface area (Å²) in [6.07, 6.45) is 1.35. The zero-order valence-corrected chi connectivity index (χ0v) is 14.3. The van der Waals surface area contributed by atoms with Gasteiger partial charge in [0.2, 0.25) is 0 Å². The molecule has 0 unspecified atom stereocenters. The Morgan fingerprint density at radius 1 is 1.12 bits per heavy atom. The number of hydrogen-bond acceptors (Lipinski definition) is 5. The summed E-state index contributed by atoms with van der Waals surface area (Å²) in [5, 5.41) is 5.07. The van der Waals surface area contributed by atoms with Crippen LogP contribution in [0, 0.1) is 20.8 Å². The van der Waals surface area contributed by atoms with Gasteiger partial charge in [0.1, 0.15) is 6.54 Å². The van der Waals surface area contributed by atoms with Gasteiger partial charge in [0.05, 0.1) is 6.26 Å². The Bertz CT molecular complexity index is 758. The number of ether oxygens (including phenoxy) is 1. The second-order valence-electron chi connectivity index (χ2n) is 5.64. The number of carbonyl (C=O) groups excluding carboxylic acids is 3.